The van der Waals surface area contributed by atoms with Crippen LogP contribution in [-0.4, -0.2) is 28.5 Å². The molecule has 0 amide bonds. The molecule has 0 unspecified atom stereocenters. The molecule has 0 aliphatic rings. The van der Waals surface area contributed by atoms with Crippen LogP contribution >= 0.6 is 11.6 Å². The zero-order chi connectivity index (χ0) is 15.2. The number of nitrogens with one attached hydrogen (secondary N) is 1. The summed E-state index contributed by atoms with van der Waals surface area (Å²) < 4.78 is 5.25. The average Bonchev–Trinajstić information content (AvgIpc) is 2.47. The van der Waals surface area contributed by atoms with Crippen LogP contribution in [0.3, 0.4) is 0 Å². The highest BCUT2D eigenvalue weighted by Gasteiger charge is 2.21. The van der Waals surface area contributed by atoms with Crippen molar-refractivity contribution in [2.75, 3.05) is 19.0 Å². The van der Waals surface area contributed by atoms with Crippen LogP contribution in [0.25, 0.3) is 0 Å². The molecule has 0 aliphatic carbocycles. The van der Waals surface area contributed by atoms with Gasteiger partial charge in [-0.3, -0.25) is 10.1 Å². The first kappa shape index (κ1) is 15.0. The molecule has 1 aromatic carbocycles. The highest BCUT2D eigenvalue weighted by atomic mass is 35.5. The van der Waals surface area contributed by atoms with Crippen LogP contribution in [0.2, 0.25) is 5.15 Å². The number of hydrogen-bond donors (Lipinski definition) is 1. The molecule has 0 spiro atoms. The average molecular weight is 309 g/mol. The van der Waals surface area contributed by atoms with E-state index in [0.717, 1.165) is 11.3 Å². The monoisotopic (exact) mass is 308 g/mol. The summed E-state index contributed by atoms with van der Waals surface area (Å²) >= 11 is 5.72. The Morgan fingerprint density at radius 2 is 2.14 bits per heavy atom. The van der Waals surface area contributed by atoms with E-state index in [4.69, 9.17) is 16.3 Å². The number of aromatic nitrogens is 2. The van der Waals surface area contributed by atoms with Crippen molar-refractivity contribution in [3.8, 4) is 5.75 Å². The lowest BCUT2D eigenvalue weighted by atomic mass is 10.1. The van der Waals surface area contributed by atoms with E-state index in [2.05, 4.69) is 15.3 Å². The summed E-state index contributed by atoms with van der Waals surface area (Å²) in [5.74, 6) is 0.879. The van der Waals surface area contributed by atoms with Gasteiger partial charge < -0.3 is 10.1 Å². The molecule has 110 valence electrons. The largest absolute Gasteiger partial charge is 0.496 e. The maximum atomic E-state index is 11.0. The van der Waals surface area contributed by atoms with Crippen molar-refractivity contribution in [2.24, 2.45) is 0 Å². The number of nitro groups is 1. The summed E-state index contributed by atoms with van der Waals surface area (Å²) in [4.78, 5) is 17.8. The van der Waals surface area contributed by atoms with E-state index in [0.29, 0.717) is 13.0 Å². The van der Waals surface area contributed by atoms with E-state index < -0.39 is 4.92 Å². The van der Waals surface area contributed by atoms with Crippen LogP contribution < -0.4 is 10.1 Å². The standard InChI is InChI=1S/C13H13ClN4O3/c1-21-10-5-3-2-4-9(10)6-7-15-13-11(18(19)20)12(14)16-8-17-13/h2-5,8H,6-7H2,1H3,(H,15,16,17). The van der Waals surface area contributed by atoms with E-state index >= 15 is 0 Å². The molecule has 0 bridgehead atoms. The van der Waals surface area contributed by atoms with Gasteiger partial charge in [-0.25, -0.2) is 9.97 Å². The first-order chi connectivity index (χ1) is 10.1. The van der Waals surface area contributed by atoms with Crippen molar-refractivity contribution in [1.29, 1.82) is 0 Å². The van der Waals surface area contributed by atoms with E-state index in [1.165, 1.54) is 6.33 Å². The summed E-state index contributed by atoms with van der Waals surface area (Å²) in [7, 11) is 1.60. The van der Waals surface area contributed by atoms with E-state index in [1.807, 2.05) is 24.3 Å². The second-order valence-corrected chi connectivity index (χ2v) is 4.47. The minimum atomic E-state index is -0.603. The number of anilines is 1. The molecule has 0 fully saturated rings. The third-order valence-electron chi connectivity index (χ3n) is 2.84. The molecule has 0 saturated heterocycles. The van der Waals surface area contributed by atoms with Crippen LogP contribution in [-0.2, 0) is 6.42 Å². The lowest BCUT2D eigenvalue weighted by Gasteiger charge is -2.09. The van der Waals surface area contributed by atoms with Crippen molar-refractivity contribution in [3.63, 3.8) is 0 Å². The normalized spacial score (nSPS) is 10.2. The molecule has 7 nitrogen and oxygen atoms in total. The molecule has 1 N–H and O–H groups in total. The Bertz CT molecular complexity index is 651. The third kappa shape index (κ3) is 3.57. The van der Waals surface area contributed by atoms with E-state index in [9.17, 15) is 10.1 Å². The second-order valence-electron chi connectivity index (χ2n) is 4.11. The molecule has 0 radical (unpaired) electrons. The molecule has 21 heavy (non-hydrogen) atoms. The molecule has 2 rings (SSSR count). The first-order valence-corrected chi connectivity index (χ1v) is 6.52. The quantitative estimate of drug-likeness (QED) is 0.501. The van der Waals surface area contributed by atoms with Gasteiger partial charge in [0.2, 0.25) is 11.0 Å². The molecule has 0 saturated carbocycles. The topological polar surface area (TPSA) is 90.2 Å². The highest BCUT2D eigenvalue weighted by Crippen LogP contribution is 2.28. The van der Waals surface area contributed by atoms with Gasteiger partial charge in [0.15, 0.2) is 0 Å². The van der Waals surface area contributed by atoms with Crippen molar-refractivity contribution in [2.45, 2.75) is 6.42 Å². The molecule has 2 aromatic rings. The van der Waals surface area contributed by atoms with Gasteiger partial charge in [0.1, 0.15) is 12.1 Å². The maximum Gasteiger partial charge on any atom is 0.348 e. The van der Waals surface area contributed by atoms with Crippen LogP contribution in [0, 0.1) is 10.1 Å². The summed E-state index contributed by atoms with van der Waals surface area (Å²) in [6, 6.07) is 7.58. The minimum absolute atomic E-state index is 0.106. The van der Waals surface area contributed by atoms with Gasteiger partial charge in [-0.15, -0.1) is 0 Å². The van der Waals surface area contributed by atoms with Gasteiger partial charge in [0, 0.05) is 6.54 Å². The smallest absolute Gasteiger partial charge is 0.348 e. The van der Waals surface area contributed by atoms with E-state index in [-0.39, 0.29) is 16.7 Å². The number of methoxy groups -OCH3 is 1. The van der Waals surface area contributed by atoms with Crippen molar-refractivity contribution >= 4 is 23.1 Å². The van der Waals surface area contributed by atoms with Crippen LogP contribution in [0.1, 0.15) is 5.56 Å². The van der Waals surface area contributed by atoms with Gasteiger partial charge in [-0.2, -0.15) is 0 Å². The predicted octanol–water partition coefficient (Wildman–Crippen LogP) is 2.70. The van der Waals surface area contributed by atoms with Gasteiger partial charge in [-0.05, 0) is 18.1 Å². The third-order valence-corrected chi connectivity index (χ3v) is 3.12. The second kappa shape index (κ2) is 6.85. The molecule has 8 heteroatoms. The summed E-state index contributed by atoms with van der Waals surface area (Å²) in [6.45, 7) is 0.453. The Balaban J connectivity index is 2.07. The van der Waals surface area contributed by atoms with Gasteiger partial charge in [0.05, 0.1) is 12.0 Å². The van der Waals surface area contributed by atoms with E-state index in [1.54, 1.807) is 7.11 Å². The number of rotatable bonds is 6. The molecule has 1 heterocycles. The number of ether oxygens (including phenoxy) is 1. The number of para-hydroxylation sites is 1. The zero-order valence-electron chi connectivity index (χ0n) is 11.2. The predicted molar refractivity (Wildman–Crippen MR) is 78.9 cm³/mol. The summed E-state index contributed by atoms with van der Waals surface area (Å²) in [6.07, 6.45) is 1.81. The lowest BCUT2D eigenvalue weighted by molar-refractivity contribution is -0.384. The minimum Gasteiger partial charge on any atom is -0.496 e. The Hall–Kier alpha value is -2.41. The Kier molecular flexibility index (Phi) is 4.89. The molecular formula is C13H13ClN4O3. The van der Waals surface area contributed by atoms with Gasteiger partial charge in [-0.1, -0.05) is 29.8 Å². The number of nitrogens with zero attached hydrogens (tertiary/aromatic N) is 3. The number of halogens is 1. The molecule has 1 aromatic heterocycles. The number of benzene rings is 1. The Morgan fingerprint density at radius 3 is 2.86 bits per heavy atom. The van der Waals surface area contributed by atoms with Gasteiger partial charge in [0.25, 0.3) is 0 Å². The fraction of sp³-hybridized carbons (Fsp3) is 0.231. The zero-order valence-corrected chi connectivity index (χ0v) is 12.0. The van der Waals surface area contributed by atoms with Crippen molar-refractivity contribution in [3.05, 3.63) is 51.4 Å². The lowest BCUT2D eigenvalue weighted by Crippen LogP contribution is -2.09. The highest BCUT2D eigenvalue weighted by molar-refractivity contribution is 6.31. The molecule has 0 aliphatic heterocycles. The fourth-order valence-electron chi connectivity index (χ4n) is 1.87. The Morgan fingerprint density at radius 1 is 1.38 bits per heavy atom. The number of hydrogen-bond acceptors (Lipinski definition) is 6. The molecular weight excluding hydrogens is 296 g/mol. The van der Waals surface area contributed by atoms with Crippen LogP contribution in [0.15, 0.2) is 30.6 Å². The van der Waals surface area contributed by atoms with Crippen molar-refractivity contribution < 1.29 is 9.66 Å². The Labute approximate surface area is 126 Å². The SMILES string of the molecule is COc1ccccc1CCNc1ncnc(Cl)c1[N+](=O)[O-]. The molecule has 0 atom stereocenters. The maximum absolute atomic E-state index is 11.0. The fourth-order valence-corrected chi connectivity index (χ4v) is 2.08. The summed E-state index contributed by atoms with van der Waals surface area (Å²) in [5, 5.41) is 13.7. The summed E-state index contributed by atoms with van der Waals surface area (Å²) in [5.41, 5.74) is 0.675. The van der Waals surface area contributed by atoms with Crippen molar-refractivity contribution in [1.82, 2.24) is 9.97 Å². The van der Waals surface area contributed by atoms with Gasteiger partial charge >= 0.3 is 5.69 Å². The first-order valence-electron chi connectivity index (χ1n) is 6.14. The van der Waals surface area contributed by atoms with Crippen LogP contribution in [0.4, 0.5) is 11.5 Å². The van der Waals surface area contributed by atoms with Crippen LogP contribution in [0.5, 0.6) is 5.75 Å².